The molecule has 0 radical (unpaired) electrons. The van der Waals surface area contributed by atoms with Crippen LogP contribution >= 0.6 is 0 Å². The second-order valence-electron chi connectivity index (χ2n) is 6.44. The molecule has 120 valence electrons. The SMILES string of the molecule is CCCCCCCCCCC[CH2][SnH]([OH])[CH]1CCCCO1. The molecular weight excluding hydrogens is 355 g/mol. The van der Waals surface area contributed by atoms with Crippen molar-refractivity contribution in [1.29, 1.82) is 0 Å². The van der Waals surface area contributed by atoms with Crippen LogP contribution in [-0.4, -0.2) is 34.3 Å². The van der Waals surface area contributed by atoms with Gasteiger partial charge < -0.3 is 0 Å². The van der Waals surface area contributed by atoms with Crippen molar-refractivity contribution in [2.75, 3.05) is 6.61 Å². The number of hydrogen-bond donors (Lipinski definition) is 1. The Hall–Kier alpha value is 0.719. The summed E-state index contributed by atoms with van der Waals surface area (Å²) in [5, 5.41) is 0. The summed E-state index contributed by atoms with van der Waals surface area (Å²) in [4.78, 5) is 0. The zero-order chi connectivity index (χ0) is 14.5. The molecule has 1 aliphatic rings. The maximum absolute atomic E-state index is 10.3. The van der Waals surface area contributed by atoms with Crippen LogP contribution < -0.4 is 0 Å². The van der Waals surface area contributed by atoms with Crippen molar-refractivity contribution in [3.05, 3.63) is 0 Å². The Morgan fingerprint density at radius 3 is 2.05 bits per heavy atom. The van der Waals surface area contributed by atoms with Crippen LogP contribution in [0.1, 0.15) is 90.4 Å². The molecule has 2 unspecified atom stereocenters. The molecule has 0 bridgehead atoms. The van der Waals surface area contributed by atoms with Gasteiger partial charge in [-0.3, -0.25) is 0 Å². The standard InChI is InChI=1S/C12H25.C5H9O.H2O.Sn.H/c1-3-5-7-9-11-12-10-8-6-4-2;1-2-4-6-5-3-1;;;/h1,3-12H2,2H3;4H,1-3,5H2;1H2;;/q;;;+1;/p-1. The maximum atomic E-state index is 10.3. The summed E-state index contributed by atoms with van der Waals surface area (Å²) in [5.41, 5.74) is 0. The Labute approximate surface area is 134 Å². The summed E-state index contributed by atoms with van der Waals surface area (Å²) >= 11 is -2.28. The molecule has 2 nitrogen and oxygen atoms in total. The summed E-state index contributed by atoms with van der Waals surface area (Å²) in [7, 11) is 0. The monoisotopic (exact) mass is 392 g/mol. The van der Waals surface area contributed by atoms with Gasteiger partial charge in [0.25, 0.3) is 0 Å². The van der Waals surface area contributed by atoms with E-state index in [-0.39, 0.29) is 0 Å². The van der Waals surface area contributed by atoms with E-state index in [1.807, 2.05) is 0 Å². The molecule has 0 aromatic heterocycles. The van der Waals surface area contributed by atoms with Crippen molar-refractivity contribution in [1.82, 2.24) is 0 Å². The molecule has 3 heteroatoms. The van der Waals surface area contributed by atoms with Gasteiger partial charge in [-0.25, -0.2) is 0 Å². The van der Waals surface area contributed by atoms with Crippen LogP contribution in [0.4, 0.5) is 0 Å². The second-order valence-corrected chi connectivity index (χ2v) is 13.5. The number of rotatable bonds is 12. The zero-order valence-corrected chi connectivity index (χ0v) is 16.9. The topological polar surface area (TPSA) is 29.5 Å². The third-order valence-electron chi connectivity index (χ3n) is 4.50. The fraction of sp³-hybridized carbons (Fsp3) is 1.00. The molecule has 0 saturated carbocycles. The normalized spacial score (nSPS) is 21.0. The van der Waals surface area contributed by atoms with E-state index in [2.05, 4.69) is 6.92 Å². The molecule has 1 aliphatic heterocycles. The fourth-order valence-electron chi connectivity index (χ4n) is 3.10. The Kier molecular flexibility index (Phi) is 12.6. The van der Waals surface area contributed by atoms with Crippen LogP contribution in [0, 0.1) is 0 Å². The summed E-state index contributed by atoms with van der Waals surface area (Å²) in [5.74, 6) is 0. The molecule has 1 N–H and O–H groups in total. The molecular formula is C17H36O2Sn. The summed E-state index contributed by atoms with van der Waals surface area (Å²) in [6.45, 7) is 3.18. The van der Waals surface area contributed by atoms with Crippen LogP contribution in [0.5, 0.6) is 0 Å². The molecule has 2 atom stereocenters. The first-order valence-electron chi connectivity index (χ1n) is 9.14. The van der Waals surface area contributed by atoms with E-state index < -0.39 is 20.2 Å². The van der Waals surface area contributed by atoms with Gasteiger partial charge in [-0.1, -0.05) is 0 Å². The van der Waals surface area contributed by atoms with E-state index in [0.717, 1.165) is 17.5 Å². The minimum atomic E-state index is -2.28. The van der Waals surface area contributed by atoms with Gasteiger partial charge in [-0.05, 0) is 0 Å². The molecule has 0 aromatic carbocycles. The zero-order valence-electron chi connectivity index (χ0n) is 13.6. The number of ether oxygens (including phenoxy) is 1. The van der Waals surface area contributed by atoms with Crippen LogP contribution in [0.15, 0.2) is 0 Å². The van der Waals surface area contributed by atoms with Crippen molar-refractivity contribution in [3.63, 3.8) is 0 Å². The molecule has 1 rings (SSSR count). The number of hydrogen-bond acceptors (Lipinski definition) is 2. The first-order valence-corrected chi connectivity index (χ1v) is 14.8. The van der Waals surface area contributed by atoms with Gasteiger partial charge in [0.05, 0.1) is 0 Å². The van der Waals surface area contributed by atoms with Crippen LogP contribution in [0.2, 0.25) is 4.44 Å². The van der Waals surface area contributed by atoms with Crippen LogP contribution in [-0.2, 0) is 4.74 Å². The molecule has 1 fully saturated rings. The summed E-state index contributed by atoms with van der Waals surface area (Å²) in [6.07, 6.45) is 17.4. The van der Waals surface area contributed by atoms with Crippen molar-refractivity contribution >= 4 is 20.2 Å². The van der Waals surface area contributed by atoms with Crippen molar-refractivity contribution in [2.45, 2.75) is 99.0 Å². The summed E-state index contributed by atoms with van der Waals surface area (Å²) in [6, 6.07) is 0. The van der Waals surface area contributed by atoms with Gasteiger partial charge in [-0.2, -0.15) is 0 Å². The van der Waals surface area contributed by atoms with E-state index in [9.17, 15) is 3.44 Å². The Bertz CT molecular complexity index is 205. The molecule has 0 aliphatic carbocycles. The molecule has 1 heterocycles. The van der Waals surface area contributed by atoms with E-state index in [1.54, 1.807) is 0 Å². The second kappa shape index (κ2) is 13.4. The first-order chi connectivity index (χ1) is 9.84. The average Bonchev–Trinajstić information content (AvgIpc) is 2.50. The van der Waals surface area contributed by atoms with Gasteiger partial charge in [0.1, 0.15) is 0 Å². The predicted molar refractivity (Wildman–Crippen MR) is 89.6 cm³/mol. The van der Waals surface area contributed by atoms with Crippen LogP contribution in [0.3, 0.4) is 0 Å². The molecule has 20 heavy (non-hydrogen) atoms. The first kappa shape index (κ1) is 18.8. The third-order valence-corrected chi connectivity index (χ3v) is 11.3. The van der Waals surface area contributed by atoms with Crippen molar-refractivity contribution < 1.29 is 8.18 Å². The van der Waals surface area contributed by atoms with E-state index in [1.165, 1.54) is 77.0 Å². The third kappa shape index (κ3) is 9.62. The van der Waals surface area contributed by atoms with Crippen molar-refractivity contribution in [3.8, 4) is 0 Å². The Morgan fingerprint density at radius 1 is 0.900 bits per heavy atom. The van der Waals surface area contributed by atoms with Gasteiger partial charge in [0.15, 0.2) is 0 Å². The number of unbranched alkanes of at least 4 members (excludes halogenated alkanes) is 9. The fourth-order valence-corrected chi connectivity index (χ4v) is 8.97. The molecule has 1 saturated heterocycles. The quantitative estimate of drug-likeness (QED) is 0.385. The van der Waals surface area contributed by atoms with Gasteiger partial charge in [0, 0.05) is 0 Å². The molecule has 0 amide bonds. The van der Waals surface area contributed by atoms with E-state index >= 15 is 0 Å². The van der Waals surface area contributed by atoms with Gasteiger partial charge in [-0.15, -0.1) is 0 Å². The Morgan fingerprint density at radius 2 is 1.50 bits per heavy atom. The van der Waals surface area contributed by atoms with Crippen LogP contribution in [0.25, 0.3) is 0 Å². The molecule has 0 spiro atoms. The average molecular weight is 391 g/mol. The molecule has 0 aromatic rings. The minimum absolute atomic E-state index is 0.337. The summed E-state index contributed by atoms with van der Waals surface area (Å²) < 4.78 is 17.5. The van der Waals surface area contributed by atoms with Gasteiger partial charge >= 0.3 is 134 Å². The predicted octanol–water partition coefficient (Wildman–Crippen LogP) is 4.73. The Balaban J connectivity index is 1.82. The van der Waals surface area contributed by atoms with E-state index in [0.29, 0.717) is 4.12 Å². The van der Waals surface area contributed by atoms with Gasteiger partial charge in [0.2, 0.25) is 0 Å². The van der Waals surface area contributed by atoms with E-state index in [4.69, 9.17) is 4.74 Å². The van der Waals surface area contributed by atoms with Crippen molar-refractivity contribution in [2.24, 2.45) is 0 Å².